The Balaban J connectivity index is 2.30. The molecule has 146 valence electrons. The van der Waals surface area contributed by atoms with Gasteiger partial charge in [-0.05, 0) is 36.8 Å². The van der Waals surface area contributed by atoms with Crippen LogP contribution < -0.4 is 20.5 Å². The lowest BCUT2D eigenvalue weighted by Crippen LogP contribution is -2.39. The minimum atomic E-state index is -3.90. The Morgan fingerprint density at radius 1 is 1.19 bits per heavy atom. The molecule has 0 aromatic heterocycles. The van der Waals surface area contributed by atoms with E-state index in [1.54, 1.807) is 43.3 Å². The van der Waals surface area contributed by atoms with Gasteiger partial charge in [0, 0.05) is 12.8 Å². The van der Waals surface area contributed by atoms with Crippen LogP contribution in [-0.4, -0.2) is 41.2 Å². The van der Waals surface area contributed by atoms with Crippen molar-refractivity contribution < 1.29 is 22.7 Å². The van der Waals surface area contributed by atoms with Gasteiger partial charge in [-0.3, -0.25) is 9.52 Å². The highest BCUT2D eigenvalue weighted by Crippen LogP contribution is 2.28. The molecule has 0 bridgehead atoms. The minimum absolute atomic E-state index is 0.0338. The highest BCUT2D eigenvalue weighted by Gasteiger charge is 2.20. The summed E-state index contributed by atoms with van der Waals surface area (Å²) in [6, 6.07) is 10.4. The van der Waals surface area contributed by atoms with Crippen molar-refractivity contribution in [1.29, 1.82) is 0 Å². The van der Waals surface area contributed by atoms with Gasteiger partial charge in [0.05, 0.1) is 24.3 Å². The summed E-state index contributed by atoms with van der Waals surface area (Å²) in [7, 11) is -1.01. The van der Waals surface area contributed by atoms with Crippen LogP contribution in [0.5, 0.6) is 5.75 Å². The van der Waals surface area contributed by atoms with Crippen LogP contribution in [0.15, 0.2) is 47.4 Å². The van der Waals surface area contributed by atoms with Crippen LogP contribution in [0, 0.1) is 6.92 Å². The standard InChI is InChI=1S/C18H23N3O5S/c1-12-8-9-13(20-18(22)14(19)11-25-2)10-17(12)27(23,24)21-15-6-4-5-7-16(15)26-3/h4-10,14,21H,11,19H2,1-3H3,(H,20,22). The maximum absolute atomic E-state index is 12.8. The molecule has 9 heteroatoms. The monoisotopic (exact) mass is 393 g/mol. The Kier molecular flexibility index (Phi) is 6.78. The van der Waals surface area contributed by atoms with Gasteiger partial charge < -0.3 is 20.5 Å². The smallest absolute Gasteiger partial charge is 0.262 e. The second-order valence-corrected chi connectivity index (χ2v) is 7.49. The first kappa shape index (κ1) is 20.7. The topological polar surface area (TPSA) is 120 Å². The molecule has 0 heterocycles. The number of nitrogens with two attached hydrogens (primary N) is 1. The minimum Gasteiger partial charge on any atom is -0.495 e. The molecule has 0 radical (unpaired) electrons. The molecule has 1 amide bonds. The molecular weight excluding hydrogens is 370 g/mol. The van der Waals surface area contributed by atoms with Crippen molar-refractivity contribution in [3.05, 3.63) is 48.0 Å². The lowest BCUT2D eigenvalue weighted by Gasteiger charge is -2.15. The van der Waals surface area contributed by atoms with Gasteiger partial charge in [0.1, 0.15) is 11.8 Å². The number of sulfonamides is 1. The Morgan fingerprint density at radius 2 is 1.89 bits per heavy atom. The third kappa shape index (κ3) is 5.19. The predicted octanol–water partition coefficient (Wildman–Crippen LogP) is 1.72. The molecule has 27 heavy (non-hydrogen) atoms. The molecule has 1 unspecified atom stereocenters. The van der Waals surface area contributed by atoms with Crippen molar-refractivity contribution in [3.63, 3.8) is 0 Å². The summed E-state index contributed by atoms with van der Waals surface area (Å²) in [6.45, 7) is 1.72. The quantitative estimate of drug-likeness (QED) is 0.628. The predicted molar refractivity (Wildman–Crippen MR) is 103 cm³/mol. The zero-order valence-electron chi connectivity index (χ0n) is 15.4. The van der Waals surface area contributed by atoms with Crippen LogP contribution in [0.25, 0.3) is 0 Å². The third-order valence-electron chi connectivity index (χ3n) is 3.78. The number of para-hydroxylation sites is 2. The molecule has 0 aliphatic rings. The maximum Gasteiger partial charge on any atom is 0.262 e. The molecule has 0 saturated heterocycles. The number of benzene rings is 2. The van der Waals surface area contributed by atoms with E-state index in [1.807, 2.05) is 0 Å². The van der Waals surface area contributed by atoms with Gasteiger partial charge in [0.25, 0.3) is 10.0 Å². The number of nitrogens with one attached hydrogen (secondary N) is 2. The average molecular weight is 393 g/mol. The van der Waals surface area contributed by atoms with Gasteiger partial charge in [0.15, 0.2) is 0 Å². The molecule has 2 rings (SSSR count). The summed E-state index contributed by atoms with van der Waals surface area (Å²) in [5, 5.41) is 2.59. The number of carbonyl (C=O) groups excluding carboxylic acids is 1. The molecule has 0 saturated carbocycles. The lowest BCUT2D eigenvalue weighted by molar-refractivity contribution is -0.118. The first-order valence-corrected chi connectivity index (χ1v) is 9.58. The Morgan fingerprint density at radius 3 is 2.56 bits per heavy atom. The number of rotatable bonds is 8. The van der Waals surface area contributed by atoms with Crippen molar-refractivity contribution in [1.82, 2.24) is 0 Å². The van der Waals surface area contributed by atoms with E-state index < -0.39 is 22.0 Å². The molecule has 2 aromatic rings. The van der Waals surface area contributed by atoms with Crippen LogP contribution in [0.1, 0.15) is 5.56 Å². The first-order valence-electron chi connectivity index (χ1n) is 8.10. The van der Waals surface area contributed by atoms with Crippen molar-refractivity contribution in [2.45, 2.75) is 17.9 Å². The van der Waals surface area contributed by atoms with Crippen LogP contribution in [-0.2, 0) is 19.6 Å². The van der Waals surface area contributed by atoms with Crippen LogP contribution in [0.3, 0.4) is 0 Å². The fraction of sp³-hybridized carbons (Fsp3) is 0.278. The molecular formula is C18H23N3O5S. The van der Waals surface area contributed by atoms with Gasteiger partial charge in [-0.15, -0.1) is 0 Å². The number of carbonyl (C=O) groups is 1. The Bertz CT molecular complexity index is 915. The normalized spacial score (nSPS) is 12.3. The number of anilines is 2. The molecule has 0 fully saturated rings. The van der Waals surface area contributed by atoms with Gasteiger partial charge in [-0.2, -0.15) is 0 Å². The van der Waals surface area contributed by atoms with Gasteiger partial charge in [-0.25, -0.2) is 8.42 Å². The van der Waals surface area contributed by atoms with E-state index >= 15 is 0 Å². The number of hydrogen-bond donors (Lipinski definition) is 3. The van der Waals surface area contributed by atoms with Crippen molar-refractivity contribution >= 4 is 27.3 Å². The summed E-state index contributed by atoms with van der Waals surface area (Å²) < 4.78 is 38.2. The SMILES string of the molecule is COCC(N)C(=O)Nc1ccc(C)c(S(=O)(=O)Nc2ccccc2OC)c1. The van der Waals surface area contributed by atoms with Crippen LogP contribution >= 0.6 is 0 Å². The number of hydrogen-bond acceptors (Lipinski definition) is 6. The fourth-order valence-corrected chi connectivity index (χ4v) is 3.73. The van der Waals surface area contributed by atoms with Crippen molar-refractivity contribution in [3.8, 4) is 5.75 Å². The van der Waals surface area contributed by atoms with E-state index in [4.69, 9.17) is 15.2 Å². The first-order chi connectivity index (χ1) is 12.8. The summed E-state index contributed by atoms with van der Waals surface area (Å²) in [6.07, 6.45) is 0. The van der Waals surface area contributed by atoms with E-state index in [0.29, 0.717) is 22.7 Å². The molecule has 2 aromatic carbocycles. The highest BCUT2D eigenvalue weighted by atomic mass is 32.2. The van der Waals surface area contributed by atoms with Crippen LogP contribution in [0.4, 0.5) is 11.4 Å². The fourth-order valence-electron chi connectivity index (χ4n) is 2.39. The summed E-state index contributed by atoms with van der Waals surface area (Å²) in [4.78, 5) is 12.1. The van der Waals surface area contributed by atoms with Crippen LogP contribution in [0.2, 0.25) is 0 Å². The van der Waals surface area contributed by atoms with Gasteiger partial charge in [0.2, 0.25) is 5.91 Å². The summed E-state index contributed by atoms with van der Waals surface area (Å²) >= 11 is 0. The zero-order valence-corrected chi connectivity index (χ0v) is 16.2. The molecule has 1 atom stereocenters. The molecule has 0 aliphatic heterocycles. The van der Waals surface area contributed by atoms with E-state index in [9.17, 15) is 13.2 Å². The summed E-state index contributed by atoms with van der Waals surface area (Å²) in [5.74, 6) is -0.0736. The van der Waals surface area contributed by atoms with E-state index in [0.717, 1.165) is 0 Å². The maximum atomic E-state index is 12.8. The van der Waals surface area contributed by atoms with E-state index in [-0.39, 0.29) is 11.5 Å². The largest absolute Gasteiger partial charge is 0.495 e. The van der Waals surface area contributed by atoms with Crippen molar-refractivity contribution in [2.75, 3.05) is 30.9 Å². The second kappa shape index (κ2) is 8.85. The zero-order chi connectivity index (χ0) is 20.0. The van der Waals surface area contributed by atoms with Gasteiger partial charge >= 0.3 is 0 Å². The van der Waals surface area contributed by atoms with E-state index in [2.05, 4.69) is 10.0 Å². The Labute approximate surface area is 158 Å². The number of methoxy groups -OCH3 is 2. The summed E-state index contributed by atoms with van der Waals surface area (Å²) in [5.41, 5.74) is 6.84. The third-order valence-corrected chi connectivity index (χ3v) is 5.29. The molecule has 8 nitrogen and oxygen atoms in total. The lowest BCUT2D eigenvalue weighted by atomic mass is 10.2. The number of aryl methyl sites for hydroxylation is 1. The van der Waals surface area contributed by atoms with Crippen molar-refractivity contribution in [2.24, 2.45) is 5.73 Å². The second-order valence-electron chi connectivity index (χ2n) is 5.84. The highest BCUT2D eigenvalue weighted by molar-refractivity contribution is 7.92. The van der Waals surface area contributed by atoms with E-state index in [1.165, 1.54) is 20.3 Å². The Hall–Kier alpha value is -2.62. The molecule has 0 spiro atoms. The number of amides is 1. The van der Waals surface area contributed by atoms with Gasteiger partial charge in [-0.1, -0.05) is 18.2 Å². The molecule has 4 N–H and O–H groups in total. The molecule has 0 aliphatic carbocycles. The number of ether oxygens (including phenoxy) is 2. The average Bonchev–Trinajstić information content (AvgIpc) is 2.63.